The summed E-state index contributed by atoms with van der Waals surface area (Å²) < 4.78 is 22.3. The van der Waals surface area contributed by atoms with Gasteiger partial charge in [0.15, 0.2) is 5.58 Å². The van der Waals surface area contributed by atoms with Crippen molar-refractivity contribution in [2.75, 3.05) is 20.3 Å². The highest BCUT2D eigenvalue weighted by Crippen LogP contribution is 2.31. The van der Waals surface area contributed by atoms with Crippen LogP contribution in [0.3, 0.4) is 0 Å². The molecular formula is C19H22N4O5. The second-order valence-corrected chi connectivity index (χ2v) is 6.87. The van der Waals surface area contributed by atoms with Crippen LogP contribution in [-0.2, 0) is 0 Å². The maximum atomic E-state index is 11.3. The third kappa shape index (κ3) is 4.36. The van der Waals surface area contributed by atoms with Gasteiger partial charge in [-0.2, -0.15) is 0 Å². The SMILES string of the molecule is CNC(=O)NC(C)COc1cc(-c2nc3cc(OCC4CC4)ccc3o2)on1. The van der Waals surface area contributed by atoms with Gasteiger partial charge in [0.2, 0.25) is 5.76 Å². The largest absolute Gasteiger partial charge is 0.493 e. The molecule has 9 nitrogen and oxygen atoms in total. The van der Waals surface area contributed by atoms with Crippen LogP contribution in [0.25, 0.3) is 22.8 Å². The van der Waals surface area contributed by atoms with Gasteiger partial charge in [-0.25, -0.2) is 9.78 Å². The molecule has 0 saturated heterocycles. The van der Waals surface area contributed by atoms with Gasteiger partial charge >= 0.3 is 6.03 Å². The molecule has 0 aliphatic heterocycles. The molecule has 2 amide bonds. The van der Waals surface area contributed by atoms with Crippen molar-refractivity contribution in [1.29, 1.82) is 0 Å². The van der Waals surface area contributed by atoms with Gasteiger partial charge in [0.05, 0.1) is 18.7 Å². The molecule has 2 N–H and O–H groups in total. The fourth-order valence-electron chi connectivity index (χ4n) is 2.58. The van der Waals surface area contributed by atoms with Crippen molar-refractivity contribution < 1.29 is 23.2 Å². The summed E-state index contributed by atoms with van der Waals surface area (Å²) in [4.78, 5) is 15.7. The molecule has 1 unspecified atom stereocenters. The summed E-state index contributed by atoms with van der Waals surface area (Å²) in [5.74, 6) is 2.42. The van der Waals surface area contributed by atoms with E-state index in [1.54, 1.807) is 13.1 Å². The molecule has 28 heavy (non-hydrogen) atoms. The molecule has 1 aliphatic rings. The predicted octanol–water partition coefficient (Wildman–Crippen LogP) is 2.97. The maximum Gasteiger partial charge on any atom is 0.314 e. The van der Waals surface area contributed by atoms with Crippen LogP contribution >= 0.6 is 0 Å². The average Bonchev–Trinajstić information content (AvgIpc) is 3.24. The van der Waals surface area contributed by atoms with E-state index in [1.165, 1.54) is 12.8 Å². The summed E-state index contributed by atoms with van der Waals surface area (Å²) >= 11 is 0. The smallest absolute Gasteiger partial charge is 0.314 e. The molecule has 0 radical (unpaired) electrons. The van der Waals surface area contributed by atoms with Crippen molar-refractivity contribution in [2.45, 2.75) is 25.8 Å². The number of hydrogen-bond donors (Lipinski definition) is 2. The number of carbonyl (C=O) groups is 1. The number of rotatable bonds is 8. The Kier molecular flexibility index (Phi) is 5.05. The van der Waals surface area contributed by atoms with Crippen LogP contribution in [-0.4, -0.2) is 42.5 Å². The van der Waals surface area contributed by atoms with Crippen LogP contribution in [0.2, 0.25) is 0 Å². The zero-order valence-electron chi connectivity index (χ0n) is 15.7. The first kappa shape index (κ1) is 18.1. The van der Waals surface area contributed by atoms with Crippen LogP contribution < -0.4 is 20.1 Å². The van der Waals surface area contributed by atoms with E-state index in [-0.39, 0.29) is 24.6 Å². The molecule has 0 bridgehead atoms. The minimum Gasteiger partial charge on any atom is -0.493 e. The number of hydrogen-bond acceptors (Lipinski definition) is 7. The minimum atomic E-state index is -0.274. The highest BCUT2D eigenvalue weighted by atomic mass is 16.5. The van der Waals surface area contributed by atoms with E-state index in [1.807, 2.05) is 25.1 Å². The van der Waals surface area contributed by atoms with Gasteiger partial charge in [-0.3, -0.25) is 0 Å². The summed E-state index contributed by atoms with van der Waals surface area (Å²) in [6.45, 7) is 2.81. The lowest BCUT2D eigenvalue weighted by molar-refractivity contribution is 0.223. The molecule has 3 aromatic rings. The van der Waals surface area contributed by atoms with Crippen molar-refractivity contribution in [3.05, 3.63) is 24.3 Å². The fraction of sp³-hybridized carbons (Fsp3) is 0.421. The Labute approximate surface area is 161 Å². The quantitative estimate of drug-likeness (QED) is 0.612. The van der Waals surface area contributed by atoms with E-state index in [0.717, 1.165) is 12.4 Å². The average molecular weight is 386 g/mol. The van der Waals surface area contributed by atoms with Gasteiger partial charge in [-0.05, 0) is 43.0 Å². The molecule has 1 aromatic carbocycles. The van der Waals surface area contributed by atoms with Gasteiger partial charge < -0.3 is 29.0 Å². The summed E-state index contributed by atoms with van der Waals surface area (Å²) in [6, 6.07) is 6.68. The van der Waals surface area contributed by atoms with Crippen molar-refractivity contribution in [3.8, 4) is 23.3 Å². The zero-order chi connectivity index (χ0) is 19.5. The van der Waals surface area contributed by atoms with Crippen LogP contribution in [0.1, 0.15) is 19.8 Å². The Balaban J connectivity index is 1.39. The Morgan fingerprint density at radius 2 is 2.18 bits per heavy atom. The van der Waals surface area contributed by atoms with Crippen LogP contribution in [0.5, 0.6) is 11.6 Å². The number of oxazole rings is 1. The Hall–Kier alpha value is -3.23. The first-order chi connectivity index (χ1) is 13.6. The van der Waals surface area contributed by atoms with Gasteiger partial charge in [-0.15, -0.1) is 0 Å². The zero-order valence-corrected chi connectivity index (χ0v) is 15.7. The number of aromatic nitrogens is 2. The molecule has 1 atom stereocenters. The molecule has 1 fully saturated rings. The van der Waals surface area contributed by atoms with E-state index in [4.69, 9.17) is 18.4 Å². The fourth-order valence-corrected chi connectivity index (χ4v) is 2.58. The third-order valence-electron chi connectivity index (χ3n) is 4.33. The van der Waals surface area contributed by atoms with Crippen molar-refractivity contribution in [3.63, 3.8) is 0 Å². The first-order valence-electron chi connectivity index (χ1n) is 9.22. The van der Waals surface area contributed by atoms with E-state index >= 15 is 0 Å². The van der Waals surface area contributed by atoms with Gasteiger partial charge in [0.1, 0.15) is 17.9 Å². The number of carbonyl (C=O) groups excluding carboxylic acids is 1. The third-order valence-corrected chi connectivity index (χ3v) is 4.33. The molecule has 1 saturated carbocycles. The summed E-state index contributed by atoms with van der Waals surface area (Å²) in [6.07, 6.45) is 2.49. The Bertz CT molecular complexity index is 962. The highest BCUT2D eigenvalue weighted by molar-refractivity contribution is 5.77. The number of ether oxygens (including phenoxy) is 2. The summed E-state index contributed by atoms with van der Waals surface area (Å²) in [5.41, 5.74) is 1.32. The van der Waals surface area contributed by atoms with E-state index in [9.17, 15) is 4.79 Å². The van der Waals surface area contributed by atoms with E-state index in [2.05, 4.69) is 20.8 Å². The van der Waals surface area contributed by atoms with Crippen molar-refractivity contribution >= 4 is 17.1 Å². The summed E-state index contributed by atoms with van der Waals surface area (Å²) in [5, 5.41) is 9.05. The van der Waals surface area contributed by atoms with Crippen molar-refractivity contribution in [1.82, 2.24) is 20.8 Å². The normalized spacial score (nSPS) is 14.6. The lowest BCUT2D eigenvalue weighted by atomic mass is 10.3. The van der Waals surface area contributed by atoms with Gasteiger partial charge in [0.25, 0.3) is 11.8 Å². The molecular weight excluding hydrogens is 364 g/mol. The number of nitrogens with zero attached hydrogens (tertiary/aromatic N) is 2. The molecule has 148 valence electrons. The van der Waals surface area contributed by atoms with Gasteiger partial charge in [0, 0.05) is 13.1 Å². The molecule has 2 heterocycles. The van der Waals surface area contributed by atoms with E-state index in [0.29, 0.717) is 28.7 Å². The number of benzene rings is 1. The second kappa shape index (κ2) is 7.79. The predicted molar refractivity (Wildman–Crippen MR) is 100 cm³/mol. The topological polar surface area (TPSA) is 112 Å². The number of amides is 2. The highest BCUT2D eigenvalue weighted by Gasteiger charge is 2.22. The Morgan fingerprint density at radius 1 is 1.32 bits per heavy atom. The summed E-state index contributed by atoms with van der Waals surface area (Å²) in [7, 11) is 1.55. The maximum absolute atomic E-state index is 11.3. The van der Waals surface area contributed by atoms with Crippen molar-refractivity contribution in [2.24, 2.45) is 5.92 Å². The first-order valence-corrected chi connectivity index (χ1v) is 9.22. The lowest BCUT2D eigenvalue weighted by Crippen LogP contribution is -2.41. The van der Waals surface area contributed by atoms with Crippen LogP contribution in [0, 0.1) is 5.92 Å². The molecule has 9 heteroatoms. The molecule has 2 aromatic heterocycles. The van der Waals surface area contributed by atoms with E-state index < -0.39 is 0 Å². The molecule has 4 rings (SSSR count). The number of nitrogens with one attached hydrogen (secondary N) is 2. The lowest BCUT2D eigenvalue weighted by Gasteiger charge is -2.12. The monoisotopic (exact) mass is 386 g/mol. The molecule has 1 aliphatic carbocycles. The second-order valence-electron chi connectivity index (χ2n) is 6.87. The van der Waals surface area contributed by atoms with Gasteiger partial charge in [-0.1, -0.05) is 0 Å². The van der Waals surface area contributed by atoms with Crippen LogP contribution in [0.15, 0.2) is 33.2 Å². The Morgan fingerprint density at radius 3 is 2.96 bits per heavy atom. The standard InChI is InChI=1S/C19H22N4O5/c1-11(21-19(24)20-2)9-26-17-8-16(28-23-17)18-22-14-7-13(5-6-15(14)27-18)25-10-12-3-4-12/h5-8,11-12H,3-4,9-10H2,1-2H3,(H2,20,21,24). The van der Waals surface area contributed by atoms with Crippen LogP contribution in [0.4, 0.5) is 4.79 Å². The number of urea groups is 1. The number of fused-ring (bicyclic) bond motifs is 1. The molecule has 0 spiro atoms. The minimum absolute atomic E-state index is 0.196.